The molecule has 0 unspecified atom stereocenters. The number of rotatable bonds is 4. The Hall–Kier alpha value is -2.41. The number of pyridine rings is 1. The fraction of sp³-hybridized carbons (Fsp3) is 0.444. The summed E-state index contributed by atoms with van der Waals surface area (Å²) in [5.41, 5.74) is 11.1. The van der Waals surface area contributed by atoms with Gasteiger partial charge < -0.3 is 16.0 Å². The highest BCUT2D eigenvalue weighted by molar-refractivity contribution is 6.30. The molecule has 138 valence electrons. The molecule has 0 saturated heterocycles. The fourth-order valence-electron chi connectivity index (χ4n) is 3.36. The molecule has 1 aliphatic rings. The standard InChI is InChI=1S/C18H23ClN6O/c1-9-10(2)13(6-22-11(9)3)8-25-7-12(5-14(26)21-4)15-16(19)23-18(20)24-17(15)25/h6,12H,5,7-8H2,1-4H3,(H,21,26)(H2,20,23,24)/t12-/m0/s1. The number of nitrogen functional groups attached to an aromatic ring is 1. The normalized spacial score (nSPS) is 15.9. The Morgan fingerprint density at radius 2 is 2.08 bits per heavy atom. The molecule has 1 amide bonds. The van der Waals surface area contributed by atoms with Gasteiger partial charge in [0, 0.05) is 49.9 Å². The number of nitrogens with zero attached hydrogens (tertiary/aromatic N) is 4. The second-order valence-corrected chi connectivity index (χ2v) is 7.04. The molecule has 0 spiro atoms. The number of hydrogen-bond acceptors (Lipinski definition) is 6. The minimum absolute atomic E-state index is 0.0419. The second-order valence-electron chi connectivity index (χ2n) is 6.68. The highest BCUT2D eigenvalue weighted by Gasteiger charge is 2.35. The topological polar surface area (TPSA) is 97.0 Å². The molecule has 2 aromatic heterocycles. The number of amides is 1. The summed E-state index contributed by atoms with van der Waals surface area (Å²) in [6.07, 6.45) is 2.23. The zero-order chi connectivity index (χ0) is 19.0. The molecule has 0 aliphatic carbocycles. The van der Waals surface area contributed by atoms with E-state index in [0.717, 1.165) is 16.8 Å². The van der Waals surface area contributed by atoms with Crippen LogP contribution in [0.15, 0.2) is 6.20 Å². The third-order valence-corrected chi connectivity index (χ3v) is 5.41. The predicted molar refractivity (Wildman–Crippen MR) is 102 cm³/mol. The molecule has 3 N–H and O–H groups in total. The van der Waals surface area contributed by atoms with Crippen molar-refractivity contribution in [3.05, 3.63) is 39.3 Å². The number of nitrogens with one attached hydrogen (secondary N) is 1. The van der Waals surface area contributed by atoms with E-state index in [-0.39, 0.29) is 17.8 Å². The van der Waals surface area contributed by atoms with Crippen LogP contribution in [0.2, 0.25) is 5.15 Å². The lowest BCUT2D eigenvalue weighted by Gasteiger charge is -2.21. The summed E-state index contributed by atoms with van der Waals surface area (Å²) in [5.74, 6) is 0.723. The highest BCUT2D eigenvalue weighted by Crippen LogP contribution is 2.41. The van der Waals surface area contributed by atoms with Crippen LogP contribution < -0.4 is 16.0 Å². The number of carbonyl (C=O) groups excluding carboxylic acids is 1. The first-order valence-corrected chi connectivity index (χ1v) is 8.89. The van der Waals surface area contributed by atoms with Gasteiger partial charge >= 0.3 is 0 Å². The lowest BCUT2D eigenvalue weighted by Crippen LogP contribution is -2.26. The molecule has 2 aromatic rings. The van der Waals surface area contributed by atoms with Crippen molar-refractivity contribution in [2.45, 2.75) is 39.7 Å². The van der Waals surface area contributed by atoms with E-state index < -0.39 is 0 Å². The number of anilines is 2. The summed E-state index contributed by atoms with van der Waals surface area (Å²) in [4.78, 5) is 27.0. The number of carbonyl (C=O) groups is 1. The Kier molecular flexibility index (Phi) is 5.00. The third kappa shape index (κ3) is 3.31. The molecule has 3 heterocycles. The molecule has 1 atom stereocenters. The van der Waals surface area contributed by atoms with E-state index in [0.29, 0.717) is 30.5 Å². The van der Waals surface area contributed by atoms with Crippen molar-refractivity contribution in [3.8, 4) is 0 Å². The van der Waals surface area contributed by atoms with Crippen LogP contribution in [0.5, 0.6) is 0 Å². The van der Waals surface area contributed by atoms with Gasteiger partial charge in [-0.25, -0.2) is 4.98 Å². The average Bonchev–Trinajstić information content (AvgIpc) is 2.92. The Labute approximate surface area is 158 Å². The summed E-state index contributed by atoms with van der Waals surface area (Å²) >= 11 is 6.34. The largest absolute Gasteiger partial charge is 0.368 e. The number of hydrogen-bond donors (Lipinski definition) is 2. The van der Waals surface area contributed by atoms with Gasteiger partial charge in [0.2, 0.25) is 11.9 Å². The van der Waals surface area contributed by atoms with E-state index in [9.17, 15) is 4.79 Å². The predicted octanol–water partition coefficient (Wildman–Crippen LogP) is 2.27. The lowest BCUT2D eigenvalue weighted by molar-refractivity contribution is -0.120. The van der Waals surface area contributed by atoms with Crippen LogP contribution in [0.4, 0.5) is 11.8 Å². The Bertz CT molecular complexity index is 869. The molecule has 0 saturated carbocycles. The van der Waals surface area contributed by atoms with Crippen molar-refractivity contribution < 1.29 is 4.79 Å². The monoisotopic (exact) mass is 374 g/mol. The molecular formula is C18H23ClN6O. The first kappa shape index (κ1) is 18.4. The zero-order valence-electron chi connectivity index (χ0n) is 15.4. The summed E-state index contributed by atoms with van der Waals surface area (Å²) < 4.78 is 0. The van der Waals surface area contributed by atoms with Crippen molar-refractivity contribution in [3.63, 3.8) is 0 Å². The molecule has 0 radical (unpaired) electrons. The SMILES string of the molecule is CNC(=O)C[C@H]1CN(Cc2cnc(C)c(C)c2C)c2nc(N)nc(Cl)c21. The minimum atomic E-state index is -0.0714. The van der Waals surface area contributed by atoms with Gasteiger partial charge in [0.05, 0.1) is 0 Å². The van der Waals surface area contributed by atoms with Crippen LogP contribution in [0.25, 0.3) is 0 Å². The average molecular weight is 375 g/mol. The van der Waals surface area contributed by atoms with Gasteiger partial charge in [-0.3, -0.25) is 9.78 Å². The van der Waals surface area contributed by atoms with Crippen LogP contribution in [0.1, 0.15) is 40.3 Å². The zero-order valence-corrected chi connectivity index (χ0v) is 16.2. The maximum absolute atomic E-state index is 11.9. The molecule has 3 rings (SSSR count). The molecule has 8 heteroatoms. The maximum Gasteiger partial charge on any atom is 0.223 e. The molecule has 26 heavy (non-hydrogen) atoms. The maximum atomic E-state index is 11.9. The van der Waals surface area contributed by atoms with Crippen LogP contribution in [-0.2, 0) is 11.3 Å². The van der Waals surface area contributed by atoms with Crippen LogP contribution in [0.3, 0.4) is 0 Å². The van der Waals surface area contributed by atoms with Gasteiger partial charge in [0.15, 0.2) is 0 Å². The van der Waals surface area contributed by atoms with E-state index in [4.69, 9.17) is 17.3 Å². The quantitative estimate of drug-likeness (QED) is 0.797. The Balaban J connectivity index is 1.97. The minimum Gasteiger partial charge on any atom is -0.368 e. The van der Waals surface area contributed by atoms with Crippen LogP contribution in [0, 0.1) is 20.8 Å². The van der Waals surface area contributed by atoms with Crippen LogP contribution in [-0.4, -0.2) is 34.5 Å². The molecule has 7 nitrogen and oxygen atoms in total. The fourth-order valence-corrected chi connectivity index (χ4v) is 3.69. The van der Waals surface area contributed by atoms with E-state index in [2.05, 4.69) is 39.0 Å². The summed E-state index contributed by atoms with van der Waals surface area (Å²) in [5, 5.41) is 2.98. The Morgan fingerprint density at radius 1 is 1.35 bits per heavy atom. The number of halogens is 1. The molecule has 1 aliphatic heterocycles. The van der Waals surface area contributed by atoms with Gasteiger partial charge in [-0.2, -0.15) is 4.98 Å². The van der Waals surface area contributed by atoms with Crippen LogP contribution >= 0.6 is 11.6 Å². The molecule has 0 fully saturated rings. The van der Waals surface area contributed by atoms with Crippen molar-refractivity contribution in [2.75, 3.05) is 24.2 Å². The summed E-state index contributed by atoms with van der Waals surface area (Å²) in [6, 6.07) is 0. The van der Waals surface area contributed by atoms with Gasteiger partial charge in [0.25, 0.3) is 0 Å². The highest BCUT2D eigenvalue weighted by atomic mass is 35.5. The number of aryl methyl sites for hydroxylation is 1. The van der Waals surface area contributed by atoms with Gasteiger partial charge in [-0.1, -0.05) is 11.6 Å². The lowest BCUT2D eigenvalue weighted by atomic mass is 10.00. The molecular weight excluding hydrogens is 352 g/mol. The second kappa shape index (κ2) is 7.07. The number of nitrogens with two attached hydrogens (primary N) is 1. The van der Waals surface area contributed by atoms with E-state index in [1.165, 1.54) is 11.1 Å². The number of aromatic nitrogens is 3. The van der Waals surface area contributed by atoms with Crippen molar-refractivity contribution in [1.29, 1.82) is 0 Å². The van der Waals surface area contributed by atoms with E-state index in [1.807, 2.05) is 13.1 Å². The Morgan fingerprint density at radius 3 is 2.77 bits per heavy atom. The third-order valence-electron chi connectivity index (χ3n) is 5.12. The van der Waals surface area contributed by atoms with E-state index >= 15 is 0 Å². The summed E-state index contributed by atoms with van der Waals surface area (Å²) in [7, 11) is 1.63. The number of fused-ring (bicyclic) bond motifs is 1. The first-order chi connectivity index (χ1) is 12.3. The first-order valence-electron chi connectivity index (χ1n) is 8.52. The van der Waals surface area contributed by atoms with Crippen molar-refractivity contribution >= 4 is 29.3 Å². The van der Waals surface area contributed by atoms with Gasteiger partial charge in [-0.05, 0) is 37.5 Å². The summed E-state index contributed by atoms with van der Waals surface area (Å²) in [6.45, 7) is 7.44. The van der Waals surface area contributed by atoms with Crippen molar-refractivity contribution in [1.82, 2.24) is 20.3 Å². The smallest absolute Gasteiger partial charge is 0.223 e. The molecule has 0 aromatic carbocycles. The van der Waals surface area contributed by atoms with E-state index in [1.54, 1.807) is 7.05 Å². The van der Waals surface area contributed by atoms with Gasteiger partial charge in [0.1, 0.15) is 11.0 Å². The van der Waals surface area contributed by atoms with Gasteiger partial charge in [-0.15, -0.1) is 0 Å². The molecule has 0 bridgehead atoms. The van der Waals surface area contributed by atoms with Crippen molar-refractivity contribution in [2.24, 2.45) is 0 Å².